The molecule has 1 aliphatic rings. The van der Waals surface area contributed by atoms with E-state index < -0.39 is 8.32 Å². The zero-order valence-corrected chi connectivity index (χ0v) is 11.9. The average Bonchev–Trinajstić information content (AvgIpc) is 2.13. The molecule has 0 saturated heterocycles. The third-order valence-corrected chi connectivity index (χ3v) is 7.82. The SMILES string of the molecule is CC(C)(C)[Si](C)(C)OCC1=CN(O)CC=C1. The first-order valence-corrected chi connectivity index (χ1v) is 8.60. The van der Waals surface area contributed by atoms with Gasteiger partial charge >= 0.3 is 0 Å². The Labute approximate surface area is 99.5 Å². The van der Waals surface area contributed by atoms with E-state index in [4.69, 9.17) is 4.43 Å². The van der Waals surface area contributed by atoms with Crippen molar-refractivity contribution in [1.29, 1.82) is 0 Å². The van der Waals surface area contributed by atoms with Crippen molar-refractivity contribution >= 4 is 8.32 Å². The molecular formula is C12H23NO2Si. The van der Waals surface area contributed by atoms with Crippen LogP contribution in [0.15, 0.2) is 23.9 Å². The molecule has 1 heterocycles. The van der Waals surface area contributed by atoms with Gasteiger partial charge in [0.2, 0.25) is 0 Å². The van der Waals surface area contributed by atoms with Crippen LogP contribution < -0.4 is 0 Å². The van der Waals surface area contributed by atoms with E-state index in [1.807, 2.05) is 12.2 Å². The maximum absolute atomic E-state index is 9.33. The zero-order valence-electron chi connectivity index (χ0n) is 10.9. The Morgan fingerprint density at radius 3 is 2.56 bits per heavy atom. The lowest BCUT2D eigenvalue weighted by Gasteiger charge is -2.36. The van der Waals surface area contributed by atoms with Gasteiger partial charge in [-0.25, -0.2) is 0 Å². The molecule has 4 heteroatoms. The lowest BCUT2D eigenvalue weighted by atomic mass is 10.2. The van der Waals surface area contributed by atoms with Gasteiger partial charge in [-0.3, -0.25) is 10.3 Å². The molecule has 0 bridgehead atoms. The molecule has 1 rings (SSSR count). The minimum absolute atomic E-state index is 0.227. The molecule has 0 aliphatic carbocycles. The Morgan fingerprint density at radius 2 is 2.06 bits per heavy atom. The van der Waals surface area contributed by atoms with Crippen molar-refractivity contribution in [3.63, 3.8) is 0 Å². The minimum atomic E-state index is -1.69. The summed E-state index contributed by atoms with van der Waals surface area (Å²) in [6.07, 6.45) is 5.68. The van der Waals surface area contributed by atoms with Crippen LogP contribution in [-0.2, 0) is 4.43 Å². The van der Waals surface area contributed by atoms with Gasteiger partial charge in [0.15, 0.2) is 8.32 Å². The standard InChI is InChI=1S/C12H23NO2Si/c1-12(2,3)16(4,5)15-10-11-7-6-8-13(14)9-11/h6-7,9,14H,8,10H2,1-5H3. The fourth-order valence-corrected chi connectivity index (χ4v) is 2.13. The number of rotatable bonds is 3. The van der Waals surface area contributed by atoms with Crippen LogP contribution in [0.3, 0.4) is 0 Å². The summed E-state index contributed by atoms with van der Waals surface area (Å²) in [4.78, 5) is 0. The summed E-state index contributed by atoms with van der Waals surface area (Å²) in [5, 5.41) is 10.7. The predicted octanol–water partition coefficient (Wildman–Crippen LogP) is 3.15. The van der Waals surface area contributed by atoms with Crippen LogP contribution in [0.25, 0.3) is 0 Å². The highest BCUT2D eigenvalue weighted by atomic mass is 28.4. The second-order valence-corrected chi connectivity index (χ2v) is 10.6. The lowest BCUT2D eigenvalue weighted by molar-refractivity contribution is -0.0316. The molecule has 16 heavy (non-hydrogen) atoms. The molecule has 0 saturated carbocycles. The highest BCUT2D eigenvalue weighted by Gasteiger charge is 2.37. The van der Waals surface area contributed by atoms with Gasteiger partial charge in [0.05, 0.1) is 13.2 Å². The fraction of sp³-hybridized carbons (Fsp3) is 0.667. The van der Waals surface area contributed by atoms with Crippen LogP contribution in [0, 0.1) is 0 Å². The van der Waals surface area contributed by atoms with Gasteiger partial charge in [0, 0.05) is 6.20 Å². The maximum Gasteiger partial charge on any atom is 0.192 e. The first kappa shape index (κ1) is 13.5. The van der Waals surface area contributed by atoms with E-state index in [9.17, 15) is 5.21 Å². The van der Waals surface area contributed by atoms with E-state index in [2.05, 4.69) is 33.9 Å². The summed E-state index contributed by atoms with van der Waals surface area (Å²) < 4.78 is 6.06. The Balaban J connectivity index is 2.55. The van der Waals surface area contributed by atoms with Crippen LogP contribution in [0.1, 0.15) is 20.8 Å². The van der Waals surface area contributed by atoms with Gasteiger partial charge in [-0.15, -0.1) is 0 Å². The monoisotopic (exact) mass is 241 g/mol. The smallest absolute Gasteiger partial charge is 0.192 e. The lowest BCUT2D eigenvalue weighted by Crippen LogP contribution is -2.41. The summed E-state index contributed by atoms with van der Waals surface area (Å²) in [5.41, 5.74) is 1.03. The molecule has 0 unspecified atom stereocenters. The van der Waals surface area contributed by atoms with E-state index in [1.165, 1.54) is 5.06 Å². The van der Waals surface area contributed by atoms with Crippen LogP contribution in [-0.4, -0.2) is 31.7 Å². The average molecular weight is 241 g/mol. The van der Waals surface area contributed by atoms with Crippen LogP contribution in [0.5, 0.6) is 0 Å². The molecule has 92 valence electrons. The summed E-state index contributed by atoms with van der Waals surface area (Å²) in [7, 11) is -1.69. The summed E-state index contributed by atoms with van der Waals surface area (Å²) in [6.45, 7) is 12.3. The molecule has 0 spiro atoms. The van der Waals surface area contributed by atoms with Crippen LogP contribution in [0.2, 0.25) is 18.1 Å². The molecule has 3 nitrogen and oxygen atoms in total. The molecule has 1 N–H and O–H groups in total. The minimum Gasteiger partial charge on any atom is -0.413 e. The molecular weight excluding hydrogens is 218 g/mol. The van der Waals surface area contributed by atoms with E-state index in [0.29, 0.717) is 13.2 Å². The molecule has 0 aromatic carbocycles. The zero-order chi connectivity index (χ0) is 12.4. The van der Waals surface area contributed by atoms with Crippen molar-refractivity contribution in [3.8, 4) is 0 Å². The van der Waals surface area contributed by atoms with Crippen LogP contribution >= 0.6 is 0 Å². The van der Waals surface area contributed by atoms with E-state index in [1.54, 1.807) is 6.20 Å². The summed E-state index contributed by atoms with van der Waals surface area (Å²) >= 11 is 0. The fourth-order valence-electron chi connectivity index (χ4n) is 1.16. The first-order chi connectivity index (χ1) is 7.22. The highest BCUT2D eigenvalue weighted by molar-refractivity contribution is 6.74. The molecule has 0 aromatic heterocycles. The van der Waals surface area contributed by atoms with Crippen molar-refractivity contribution in [2.45, 2.75) is 38.9 Å². The molecule has 1 aliphatic heterocycles. The topological polar surface area (TPSA) is 32.7 Å². The number of nitrogens with zero attached hydrogens (tertiary/aromatic N) is 1. The summed E-state index contributed by atoms with van der Waals surface area (Å²) in [5.74, 6) is 0. The van der Waals surface area contributed by atoms with E-state index >= 15 is 0 Å². The second-order valence-electron chi connectivity index (χ2n) is 5.78. The maximum atomic E-state index is 9.33. The molecule has 0 aromatic rings. The molecule has 0 atom stereocenters. The summed E-state index contributed by atoms with van der Waals surface area (Å²) in [6, 6.07) is 0. The Hall–Kier alpha value is -0.583. The van der Waals surface area contributed by atoms with Gasteiger partial charge in [0.25, 0.3) is 0 Å². The Kier molecular flexibility index (Phi) is 3.99. The predicted molar refractivity (Wildman–Crippen MR) is 68.9 cm³/mol. The van der Waals surface area contributed by atoms with E-state index in [0.717, 1.165) is 5.57 Å². The van der Waals surface area contributed by atoms with E-state index in [-0.39, 0.29) is 5.04 Å². The largest absolute Gasteiger partial charge is 0.413 e. The van der Waals surface area contributed by atoms with Gasteiger partial charge in [0.1, 0.15) is 0 Å². The quantitative estimate of drug-likeness (QED) is 0.770. The van der Waals surface area contributed by atoms with Gasteiger partial charge in [-0.2, -0.15) is 0 Å². The third-order valence-electron chi connectivity index (χ3n) is 3.35. The molecule has 0 fully saturated rings. The Morgan fingerprint density at radius 1 is 1.44 bits per heavy atom. The van der Waals surface area contributed by atoms with Gasteiger partial charge < -0.3 is 4.43 Å². The van der Waals surface area contributed by atoms with Gasteiger partial charge in [-0.1, -0.05) is 32.9 Å². The number of hydrogen-bond donors (Lipinski definition) is 1. The van der Waals surface area contributed by atoms with Gasteiger partial charge in [-0.05, 0) is 23.7 Å². The van der Waals surface area contributed by atoms with Crippen molar-refractivity contribution < 1.29 is 9.63 Å². The molecule has 0 amide bonds. The first-order valence-electron chi connectivity index (χ1n) is 5.69. The van der Waals surface area contributed by atoms with Crippen molar-refractivity contribution in [3.05, 3.63) is 23.9 Å². The van der Waals surface area contributed by atoms with Crippen LogP contribution in [0.4, 0.5) is 0 Å². The van der Waals surface area contributed by atoms with Crippen molar-refractivity contribution in [1.82, 2.24) is 5.06 Å². The third kappa shape index (κ3) is 3.47. The highest BCUT2D eigenvalue weighted by Crippen LogP contribution is 2.36. The normalized spacial score (nSPS) is 17.6. The Bertz CT molecular complexity index is 303. The second kappa shape index (κ2) is 4.73. The number of hydrogen-bond acceptors (Lipinski definition) is 3. The number of hydroxylamine groups is 2. The molecule has 0 radical (unpaired) electrons. The van der Waals surface area contributed by atoms with Crippen molar-refractivity contribution in [2.75, 3.05) is 13.2 Å². The van der Waals surface area contributed by atoms with Crippen molar-refractivity contribution in [2.24, 2.45) is 0 Å².